The van der Waals surface area contributed by atoms with Crippen LogP contribution in [0.15, 0.2) is 29.2 Å². The average molecular weight is 407 g/mol. The Morgan fingerprint density at radius 2 is 2.18 bits per heavy atom. The van der Waals surface area contributed by atoms with Gasteiger partial charge in [-0.05, 0) is 18.6 Å². The van der Waals surface area contributed by atoms with Crippen molar-refractivity contribution in [2.45, 2.75) is 38.8 Å². The van der Waals surface area contributed by atoms with Gasteiger partial charge in [0, 0.05) is 24.9 Å². The number of benzene rings is 1. The van der Waals surface area contributed by atoms with Crippen molar-refractivity contribution >= 4 is 17.3 Å². The second-order valence-corrected chi connectivity index (χ2v) is 6.92. The molecule has 1 atom stereocenters. The number of hydrogen-bond donors (Lipinski definition) is 1. The lowest BCUT2D eigenvalue weighted by molar-refractivity contribution is 0.440. The van der Waals surface area contributed by atoms with Gasteiger partial charge in [0.15, 0.2) is 11.6 Å². The summed E-state index contributed by atoms with van der Waals surface area (Å²) in [4.78, 5) is 17.0. The summed E-state index contributed by atoms with van der Waals surface area (Å²) in [7, 11) is 0. The Morgan fingerprint density at radius 1 is 1.36 bits per heavy atom. The number of aryl methyl sites for hydroxylation is 2. The molecule has 146 valence electrons. The standard InChI is InChI=1S/C18H17ClF2N6O/c1-2-15-24-16-6-4-11(9-26(16)25-15)23-13-8-22-27(18(28)17(13)19)14-5-3-10(20)7-12(14)21/h3,5,7-8,11,23H,2,4,6,9H2,1H3. The fourth-order valence-corrected chi connectivity index (χ4v) is 3.39. The van der Waals surface area contributed by atoms with Crippen molar-refractivity contribution in [1.82, 2.24) is 24.5 Å². The molecule has 0 amide bonds. The summed E-state index contributed by atoms with van der Waals surface area (Å²) in [6.45, 7) is 2.59. The second-order valence-electron chi connectivity index (χ2n) is 6.54. The van der Waals surface area contributed by atoms with E-state index in [1.807, 2.05) is 11.6 Å². The van der Waals surface area contributed by atoms with Crippen molar-refractivity contribution in [2.75, 3.05) is 5.32 Å². The number of nitrogens with zero attached hydrogens (tertiary/aromatic N) is 5. The third-order valence-electron chi connectivity index (χ3n) is 4.63. The van der Waals surface area contributed by atoms with E-state index in [0.717, 1.165) is 47.7 Å². The highest BCUT2D eigenvalue weighted by molar-refractivity contribution is 6.33. The normalized spacial score (nSPS) is 16.1. The molecule has 0 spiro atoms. The molecule has 1 aliphatic rings. The average Bonchev–Trinajstić information content (AvgIpc) is 3.09. The van der Waals surface area contributed by atoms with Gasteiger partial charge in [0.1, 0.15) is 22.4 Å². The molecule has 28 heavy (non-hydrogen) atoms. The van der Waals surface area contributed by atoms with E-state index in [-0.39, 0.29) is 16.8 Å². The smallest absolute Gasteiger partial charge is 0.292 e. The summed E-state index contributed by atoms with van der Waals surface area (Å²) in [6.07, 6.45) is 3.69. The van der Waals surface area contributed by atoms with Crippen LogP contribution < -0.4 is 10.9 Å². The minimum Gasteiger partial charge on any atom is -0.378 e. The quantitative estimate of drug-likeness (QED) is 0.720. The predicted octanol–water partition coefficient (Wildman–Crippen LogP) is 2.74. The van der Waals surface area contributed by atoms with Gasteiger partial charge in [-0.25, -0.2) is 18.4 Å². The first-order valence-electron chi connectivity index (χ1n) is 8.88. The molecule has 1 unspecified atom stereocenters. The zero-order chi connectivity index (χ0) is 19.8. The van der Waals surface area contributed by atoms with E-state index in [4.69, 9.17) is 11.6 Å². The zero-order valence-corrected chi connectivity index (χ0v) is 15.7. The van der Waals surface area contributed by atoms with Crippen LogP contribution in [0.25, 0.3) is 5.69 Å². The Balaban J connectivity index is 1.58. The molecule has 0 bridgehead atoms. The Hall–Kier alpha value is -2.81. The summed E-state index contributed by atoms with van der Waals surface area (Å²) in [5.41, 5.74) is -0.505. The molecule has 3 heterocycles. The second kappa shape index (κ2) is 7.31. The van der Waals surface area contributed by atoms with Gasteiger partial charge in [0.05, 0.1) is 18.4 Å². The molecule has 4 rings (SSSR count). The lowest BCUT2D eigenvalue weighted by Gasteiger charge is -2.24. The molecule has 1 aromatic carbocycles. The van der Waals surface area contributed by atoms with E-state index in [1.165, 1.54) is 6.20 Å². The van der Waals surface area contributed by atoms with Crippen molar-refractivity contribution in [1.29, 1.82) is 0 Å². The van der Waals surface area contributed by atoms with E-state index < -0.39 is 17.2 Å². The molecule has 2 aromatic heterocycles. The molecular formula is C18H17ClF2N6O. The lowest BCUT2D eigenvalue weighted by Crippen LogP contribution is -2.33. The van der Waals surface area contributed by atoms with E-state index >= 15 is 0 Å². The zero-order valence-electron chi connectivity index (χ0n) is 15.0. The van der Waals surface area contributed by atoms with Gasteiger partial charge < -0.3 is 5.32 Å². The molecular weight excluding hydrogens is 390 g/mol. The van der Waals surface area contributed by atoms with Gasteiger partial charge in [-0.2, -0.15) is 14.9 Å². The van der Waals surface area contributed by atoms with Crippen molar-refractivity contribution in [3.05, 3.63) is 63.1 Å². The van der Waals surface area contributed by atoms with Crippen LogP contribution in [0.3, 0.4) is 0 Å². The number of hydrogen-bond acceptors (Lipinski definition) is 5. The minimum atomic E-state index is -0.899. The molecule has 1 aliphatic heterocycles. The van der Waals surface area contributed by atoms with E-state index in [0.29, 0.717) is 18.3 Å². The summed E-state index contributed by atoms with van der Waals surface area (Å²) < 4.78 is 29.8. The molecule has 3 aromatic rings. The molecule has 0 radical (unpaired) electrons. The highest BCUT2D eigenvalue weighted by Gasteiger charge is 2.23. The number of aromatic nitrogens is 5. The monoisotopic (exact) mass is 406 g/mol. The molecule has 7 nitrogen and oxygen atoms in total. The van der Waals surface area contributed by atoms with Crippen LogP contribution in [0.4, 0.5) is 14.5 Å². The highest BCUT2D eigenvalue weighted by atomic mass is 35.5. The van der Waals surface area contributed by atoms with Crippen molar-refractivity contribution in [3.63, 3.8) is 0 Å². The predicted molar refractivity (Wildman–Crippen MR) is 99.9 cm³/mol. The van der Waals surface area contributed by atoms with Crippen LogP contribution >= 0.6 is 11.6 Å². The fourth-order valence-electron chi connectivity index (χ4n) is 3.21. The van der Waals surface area contributed by atoms with Gasteiger partial charge in [0.25, 0.3) is 5.56 Å². The third-order valence-corrected chi connectivity index (χ3v) is 5.00. The molecule has 10 heteroatoms. The van der Waals surface area contributed by atoms with E-state index in [9.17, 15) is 13.6 Å². The topological polar surface area (TPSA) is 77.6 Å². The minimum absolute atomic E-state index is 0.00369. The van der Waals surface area contributed by atoms with Crippen LogP contribution in [-0.4, -0.2) is 30.6 Å². The molecule has 0 saturated carbocycles. The van der Waals surface area contributed by atoms with Crippen LogP contribution in [0, 0.1) is 11.6 Å². The summed E-state index contributed by atoms with van der Waals surface area (Å²) in [6, 6.07) is 2.87. The fraction of sp³-hybridized carbons (Fsp3) is 0.333. The number of nitrogens with one attached hydrogen (secondary N) is 1. The van der Waals surface area contributed by atoms with Crippen LogP contribution in [0.1, 0.15) is 25.0 Å². The first-order valence-corrected chi connectivity index (χ1v) is 9.26. The SMILES string of the molecule is CCc1nc2n(n1)CC(Nc1cnn(-c3ccc(F)cc3F)c(=O)c1Cl)CC2. The largest absolute Gasteiger partial charge is 0.378 e. The molecule has 0 aliphatic carbocycles. The van der Waals surface area contributed by atoms with Crippen molar-refractivity contribution in [2.24, 2.45) is 0 Å². The van der Waals surface area contributed by atoms with Crippen molar-refractivity contribution in [3.8, 4) is 5.69 Å². The van der Waals surface area contributed by atoms with Gasteiger partial charge >= 0.3 is 0 Å². The van der Waals surface area contributed by atoms with Crippen molar-refractivity contribution < 1.29 is 8.78 Å². The number of anilines is 1. The number of rotatable bonds is 4. The van der Waals surface area contributed by atoms with Gasteiger partial charge in [0.2, 0.25) is 0 Å². The number of fused-ring (bicyclic) bond motifs is 1. The van der Waals surface area contributed by atoms with Crippen LogP contribution in [-0.2, 0) is 19.4 Å². The Morgan fingerprint density at radius 3 is 2.93 bits per heavy atom. The Kier molecular flexibility index (Phi) is 4.84. The molecule has 1 N–H and O–H groups in total. The maximum atomic E-state index is 14.0. The first-order chi connectivity index (χ1) is 13.5. The first kappa shape index (κ1) is 18.5. The maximum absolute atomic E-state index is 14.0. The molecule has 0 saturated heterocycles. The van der Waals surface area contributed by atoms with E-state index in [1.54, 1.807) is 0 Å². The van der Waals surface area contributed by atoms with Crippen LogP contribution in [0.2, 0.25) is 5.02 Å². The lowest BCUT2D eigenvalue weighted by atomic mass is 10.1. The number of halogens is 3. The molecule has 0 fully saturated rings. The Labute approximate surface area is 164 Å². The maximum Gasteiger partial charge on any atom is 0.292 e. The van der Waals surface area contributed by atoms with Gasteiger partial charge in [-0.15, -0.1) is 0 Å². The summed E-state index contributed by atoms with van der Waals surface area (Å²) in [5, 5.41) is 11.5. The highest BCUT2D eigenvalue weighted by Crippen LogP contribution is 2.22. The van der Waals surface area contributed by atoms with Crippen LogP contribution in [0.5, 0.6) is 0 Å². The summed E-state index contributed by atoms with van der Waals surface area (Å²) >= 11 is 6.21. The third kappa shape index (κ3) is 3.37. The van der Waals surface area contributed by atoms with Gasteiger partial charge in [-0.3, -0.25) is 4.79 Å². The summed E-state index contributed by atoms with van der Waals surface area (Å²) in [5.74, 6) is 0.111. The Bertz CT molecular complexity index is 1100. The van der Waals surface area contributed by atoms with E-state index in [2.05, 4.69) is 20.5 Å². The van der Waals surface area contributed by atoms with Gasteiger partial charge in [-0.1, -0.05) is 18.5 Å².